The smallest absolute Gasteiger partial charge is 0.0847 e. The van der Waals surface area contributed by atoms with Crippen molar-refractivity contribution in [3.05, 3.63) is 70.8 Å². The first-order chi connectivity index (χ1) is 10.8. The lowest BCUT2D eigenvalue weighted by atomic mass is 9.77. The molecule has 0 spiro atoms. The third kappa shape index (κ3) is 2.74. The maximum absolute atomic E-state index is 11.1. The fourth-order valence-corrected chi connectivity index (χ4v) is 3.42. The van der Waals surface area contributed by atoms with E-state index in [1.807, 2.05) is 0 Å². The van der Waals surface area contributed by atoms with Gasteiger partial charge in [0.2, 0.25) is 0 Å². The molecule has 2 atom stereocenters. The molecule has 1 aliphatic carbocycles. The van der Waals surface area contributed by atoms with Crippen molar-refractivity contribution < 1.29 is 5.11 Å². The molecule has 2 unspecified atom stereocenters. The van der Waals surface area contributed by atoms with E-state index in [1.54, 1.807) is 0 Å². The first-order valence-corrected chi connectivity index (χ1v) is 8.36. The summed E-state index contributed by atoms with van der Waals surface area (Å²) in [6.45, 7) is 10.7. The summed E-state index contributed by atoms with van der Waals surface area (Å²) < 4.78 is 0. The molecule has 2 aromatic carbocycles. The number of hydrogen-bond acceptors (Lipinski definition) is 1. The monoisotopic (exact) mass is 306 g/mol. The van der Waals surface area contributed by atoms with Crippen LogP contribution in [0.1, 0.15) is 57.8 Å². The summed E-state index contributed by atoms with van der Waals surface area (Å²) in [4.78, 5) is 0. The van der Waals surface area contributed by atoms with Crippen LogP contribution in [0.25, 0.3) is 10.8 Å². The summed E-state index contributed by atoms with van der Waals surface area (Å²) in [7, 11) is 0. The molecule has 0 radical (unpaired) electrons. The Hall–Kier alpha value is -1.86. The zero-order chi connectivity index (χ0) is 16.8. The predicted molar refractivity (Wildman–Crippen MR) is 98.6 cm³/mol. The van der Waals surface area contributed by atoms with Gasteiger partial charge in [-0.15, -0.1) is 0 Å². The average molecular weight is 306 g/mol. The number of allylic oxidation sites excluding steroid dienone is 4. The number of fused-ring (bicyclic) bond motifs is 1. The van der Waals surface area contributed by atoms with Crippen molar-refractivity contribution >= 4 is 10.8 Å². The summed E-state index contributed by atoms with van der Waals surface area (Å²) in [6, 6.07) is 12.7. The largest absolute Gasteiger partial charge is 0.388 e. The molecule has 2 aromatic rings. The molecule has 23 heavy (non-hydrogen) atoms. The van der Waals surface area contributed by atoms with Crippen molar-refractivity contribution in [3.8, 4) is 0 Å². The van der Waals surface area contributed by atoms with E-state index >= 15 is 0 Å². The van der Waals surface area contributed by atoms with E-state index in [9.17, 15) is 5.11 Å². The van der Waals surface area contributed by atoms with Crippen molar-refractivity contribution in [2.24, 2.45) is 5.41 Å². The van der Waals surface area contributed by atoms with Gasteiger partial charge in [0.15, 0.2) is 0 Å². The fraction of sp³-hybridized carbons (Fsp3) is 0.364. The van der Waals surface area contributed by atoms with Crippen LogP contribution >= 0.6 is 0 Å². The van der Waals surface area contributed by atoms with Crippen molar-refractivity contribution in [1.29, 1.82) is 0 Å². The second-order valence-electron chi connectivity index (χ2n) is 7.76. The summed E-state index contributed by atoms with van der Waals surface area (Å²) in [6.07, 6.45) is 3.96. The second-order valence-corrected chi connectivity index (χ2v) is 7.76. The SMILES string of the molecule is CC1=C(C)C(c2ccc3ccccc3c2C(O)C(C)(C)C)C=C1. The van der Waals surface area contributed by atoms with E-state index in [0.717, 1.165) is 10.9 Å². The second kappa shape index (κ2) is 5.65. The molecular weight excluding hydrogens is 280 g/mol. The van der Waals surface area contributed by atoms with Crippen molar-refractivity contribution in [2.75, 3.05) is 0 Å². The topological polar surface area (TPSA) is 20.2 Å². The Bertz CT molecular complexity index is 802. The molecule has 0 heterocycles. The zero-order valence-corrected chi connectivity index (χ0v) is 14.7. The van der Waals surface area contributed by atoms with Crippen molar-refractivity contribution in [1.82, 2.24) is 0 Å². The van der Waals surface area contributed by atoms with Gasteiger partial charge in [0.1, 0.15) is 0 Å². The van der Waals surface area contributed by atoms with Crippen LogP contribution in [0.3, 0.4) is 0 Å². The Balaban J connectivity index is 2.28. The molecule has 0 bridgehead atoms. The van der Waals surface area contributed by atoms with Gasteiger partial charge >= 0.3 is 0 Å². The molecule has 1 heteroatoms. The van der Waals surface area contributed by atoms with Crippen LogP contribution in [0, 0.1) is 5.41 Å². The molecule has 0 saturated carbocycles. The van der Waals surface area contributed by atoms with Crippen molar-refractivity contribution in [2.45, 2.75) is 46.6 Å². The van der Waals surface area contributed by atoms with E-state index in [4.69, 9.17) is 0 Å². The highest BCUT2D eigenvalue weighted by Crippen LogP contribution is 2.44. The molecule has 120 valence electrons. The standard InChI is InChI=1S/C22H26O/c1-14-10-12-17(15(14)2)19-13-11-16-8-6-7-9-18(16)20(19)21(23)22(3,4)5/h6-13,17,21,23H,1-5H3. The third-order valence-corrected chi connectivity index (χ3v) is 5.06. The minimum absolute atomic E-state index is 0.201. The van der Waals surface area contributed by atoms with Gasteiger partial charge in [-0.3, -0.25) is 0 Å². The van der Waals surface area contributed by atoms with Crippen LogP contribution in [0.2, 0.25) is 0 Å². The fourth-order valence-electron chi connectivity index (χ4n) is 3.42. The van der Waals surface area contributed by atoms with Gasteiger partial charge in [-0.1, -0.05) is 80.5 Å². The van der Waals surface area contributed by atoms with E-state index in [2.05, 4.69) is 83.2 Å². The van der Waals surface area contributed by atoms with Gasteiger partial charge < -0.3 is 5.11 Å². The van der Waals surface area contributed by atoms with Gasteiger partial charge in [0.05, 0.1) is 6.10 Å². The molecular formula is C22H26O. The summed E-state index contributed by atoms with van der Waals surface area (Å²) in [5, 5.41) is 13.5. The Morgan fingerprint density at radius 3 is 2.30 bits per heavy atom. The minimum atomic E-state index is -0.495. The molecule has 0 aromatic heterocycles. The first-order valence-electron chi connectivity index (χ1n) is 8.36. The molecule has 0 saturated heterocycles. The Kier molecular flexibility index (Phi) is 3.93. The van der Waals surface area contributed by atoms with Gasteiger partial charge in [0.25, 0.3) is 0 Å². The lowest BCUT2D eigenvalue weighted by Gasteiger charge is -2.31. The van der Waals surface area contributed by atoms with Crippen LogP contribution in [0.15, 0.2) is 59.7 Å². The Morgan fingerprint density at radius 2 is 1.70 bits per heavy atom. The lowest BCUT2D eigenvalue weighted by molar-refractivity contribution is 0.0631. The zero-order valence-electron chi connectivity index (χ0n) is 14.7. The van der Waals surface area contributed by atoms with Crippen LogP contribution in [0.4, 0.5) is 0 Å². The van der Waals surface area contributed by atoms with Crippen LogP contribution in [0.5, 0.6) is 0 Å². The van der Waals surface area contributed by atoms with E-state index in [-0.39, 0.29) is 11.3 Å². The lowest BCUT2D eigenvalue weighted by Crippen LogP contribution is -2.20. The maximum Gasteiger partial charge on any atom is 0.0847 e. The maximum atomic E-state index is 11.1. The summed E-state index contributed by atoms with van der Waals surface area (Å²) in [5.74, 6) is 0.270. The Labute approximate surface area is 139 Å². The van der Waals surface area contributed by atoms with Gasteiger partial charge in [-0.25, -0.2) is 0 Å². The molecule has 1 N–H and O–H groups in total. The third-order valence-electron chi connectivity index (χ3n) is 5.06. The van der Waals surface area contributed by atoms with Gasteiger partial charge in [-0.05, 0) is 41.2 Å². The van der Waals surface area contributed by atoms with Crippen LogP contribution < -0.4 is 0 Å². The molecule has 0 fully saturated rings. The highest BCUT2D eigenvalue weighted by atomic mass is 16.3. The molecule has 0 aliphatic heterocycles. The molecule has 3 rings (SSSR count). The number of rotatable bonds is 2. The van der Waals surface area contributed by atoms with Gasteiger partial charge in [0, 0.05) is 5.92 Å². The molecule has 1 nitrogen and oxygen atoms in total. The molecule has 1 aliphatic rings. The summed E-state index contributed by atoms with van der Waals surface area (Å²) >= 11 is 0. The minimum Gasteiger partial charge on any atom is -0.388 e. The summed E-state index contributed by atoms with van der Waals surface area (Å²) in [5.41, 5.74) is 4.83. The number of aliphatic hydroxyl groups is 1. The van der Waals surface area contributed by atoms with E-state index in [0.29, 0.717) is 0 Å². The first kappa shape index (κ1) is 16.0. The number of aliphatic hydroxyl groups excluding tert-OH is 1. The normalized spacial score (nSPS) is 19.7. The van der Waals surface area contributed by atoms with Crippen LogP contribution in [-0.4, -0.2) is 5.11 Å². The number of benzene rings is 2. The average Bonchev–Trinajstić information content (AvgIpc) is 2.84. The van der Waals surface area contributed by atoms with E-state index < -0.39 is 6.10 Å². The highest BCUT2D eigenvalue weighted by Gasteiger charge is 2.30. The quantitative estimate of drug-likeness (QED) is 0.731. The highest BCUT2D eigenvalue weighted by molar-refractivity contribution is 5.87. The predicted octanol–water partition coefficient (Wildman–Crippen LogP) is 5.91. The Morgan fingerprint density at radius 1 is 1.00 bits per heavy atom. The van der Waals surface area contributed by atoms with E-state index in [1.165, 1.54) is 22.1 Å². The molecule has 0 amide bonds. The number of hydrogen-bond donors (Lipinski definition) is 1. The van der Waals surface area contributed by atoms with Gasteiger partial charge in [-0.2, -0.15) is 0 Å². The van der Waals surface area contributed by atoms with Crippen LogP contribution in [-0.2, 0) is 0 Å². The van der Waals surface area contributed by atoms with Crippen molar-refractivity contribution in [3.63, 3.8) is 0 Å².